The van der Waals surface area contributed by atoms with Crippen LogP contribution in [0.25, 0.3) is 0 Å². The topological polar surface area (TPSA) is 53.4 Å². The van der Waals surface area contributed by atoms with Gasteiger partial charge in [-0.2, -0.15) is 4.98 Å². The lowest BCUT2D eigenvalue weighted by molar-refractivity contribution is -0.00456. The Balaban J connectivity index is 1.57. The smallest absolute Gasteiger partial charge is 0.300 e. The van der Waals surface area contributed by atoms with E-state index in [4.69, 9.17) is 21.1 Å². The summed E-state index contributed by atoms with van der Waals surface area (Å²) < 4.78 is 13.9. The molecule has 2 aliphatic rings. The second-order valence-electron chi connectivity index (χ2n) is 6.92. The highest BCUT2D eigenvalue weighted by molar-refractivity contribution is 6.32. The monoisotopic (exact) mass is 346 g/mol. The van der Waals surface area contributed by atoms with Gasteiger partial charge in [0.1, 0.15) is 11.4 Å². The average molecular weight is 347 g/mol. The lowest BCUT2D eigenvalue weighted by atomic mass is 10.0. The van der Waals surface area contributed by atoms with Crippen molar-refractivity contribution < 1.29 is 9.47 Å². The molecule has 0 spiro atoms. The first-order valence-electron chi connectivity index (χ1n) is 8.17. The molecule has 0 amide bonds. The van der Waals surface area contributed by atoms with Gasteiger partial charge < -0.3 is 9.47 Å². The molecule has 5 nitrogen and oxygen atoms in total. The van der Waals surface area contributed by atoms with Crippen LogP contribution in [0.2, 0.25) is 5.02 Å². The van der Waals surface area contributed by atoms with Crippen molar-refractivity contribution in [1.29, 1.82) is 0 Å². The summed E-state index contributed by atoms with van der Waals surface area (Å²) in [5.74, 6) is 0.685. The molecule has 1 aromatic carbocycles. The molecule has 1 atom stereocenters. The zero-order valence-corrected chi connectivity index (χ0v) is 14.5. The van der Waals surface area contributed by atoms with E-state index in [1.165, 1.54) is 23.6 Å². The first-order valence-corrected chi connectivity index (χ1v) is 8.55. The number of aromatic nitrogens is 2. The summed E-state index contributed by atoms with van der Waals surface area (Å²) in [7, 11) is 0. The van der Waals surface area contributed by atoms with Crippen molar-refractivity contribution in [3.8, 4) is 11.8 Å². The molecule has 0 saturated carbocycles. The molecule has 1 aliphatic heterocycles. The van der Waals surface area contributed by atoms with Crippen molar-refractivity contribution in [2.75, 3.05) is 0 Å². The minimum absolute atomic E-state index is 0.254. The van der Waals surface area contributed by atoms with E-state index in [9.17, 15) is 4.79 Å². The molecule has 126 valence electrons. The van der Waals surface area contributed by atoms with E-state index < -0.39 is 5.60 Å². The predicted molar refractivity (Wildman–Crippen MR) is 91.1 cm³/mol. The number of hydrogen-bond donors (Lipinski definition) is 0. The fourth-order valence-electron chi connectivity index (χ4n) is 3.35. The van der Waals surface area contributed by atoms with Crippen LogP contribution in [-0.2, 0) is 19.4 Å². The predicted octanol–water partition coefficient (Wildman–Crippen LogP) is 3.00. The van der Waals surface area contributed by atoms with E-state index >= 15 is 0 Å². The third-order valence-corrected chi connectivity index (χ3v) is 5.05. The van der Waals surface area contributed by atoms with Crippen molar-refractivity contribution in [1.82, 2.24) is 9.55 Å². The van der Waals surface area contributed by atoms with Crippen LogP contribution in [0.15, 0.2) is 29.2 Å². The van der Waals surface area contributed by atoms with Gasteiger partial charge in [-0.1, -0.05) is 11.6 Å². The van der Waals surface area contributed by atoms with Gasteiger partial charge in [-0.05, 0) is 56.4 Å². The molecule has 0 bridgehead atoms. The number of benzene rings is 1. The Bertz CT molecular complexity index is 860. The molecular formula is C18H19ClN2O3. The molecule has 24 heavy (non-hydrogen) atoms. The second kappa shape index (κ2) is 5.52. The van der Waals surface area contributed by atoms with Crippen LogP contribution in [0.3, 0.4) is 0 Å². The zero-order valence-electron chi connectivity index (χ0n) is 13.7. The molecular weight excluding hydrogens is 328 g/mol. The van der Waals surface area contributed by atoms with Gasteiger partial charge in [0, 0.05) is 12.3 Å². The van der Waals surface area contributed by atoms with Gasteiger partial charge in [0.25, 0.3) is 11.6 Å². The van der Waals surface area contributed by atoms with Gasteiger partial charge in [-0.3, -0.25) is 9.36 Å². The molecule has 2 aromatic rings. The van der Waals surface area contributed by atoms with Crippen LogP contribution in [0.4, 0.5) is 0 Å². The molecule has 1 aliphatic carbocycles. The van der Waals surface area contributed by atoms with Gasteiger partial charge in [-0.15, -0.1) is 0 Å². The Morgan fingerprint density at radius 3 is 2.88 bits per heavy atom. The Hall–Kier alpha value is -2.01. The zero-order chi connectivity index (χ0) is 16.9. The molecule has 6 heteroatoms. The summed E-state index contributed by atoms with van der Waals surface area (Å²) in [6.45, 7) is 4.51. The minimum atomic E-state index is -0.618. The van der Waals surface area contributed by atoms with Gasteiger partial charge in [-0.25, -0.2) is 0 Å². The van der Waals surface area contributed by atoms with E-state index in [-0.39, 0.29) is 11.7 Å². The number of halogens is 1. The maximum atomic E-state index is 11.4. The standard InChI is InChI=1S/C18H19ClN2O3/c1-18(2,15-10-21-7-6-16(22)20-17(21)23-15)24-14-9-12-5-3-4-11(12)8-13(14)19/h6-9,15H,3-5,10H2,1-2H3. The molecule has 1 aromatic heterocycles. The fraction of sp³-hybridized carbons (Fsp3) is 0.444. The van der Waals surface area contributed by atoms with E-state index in [1.807, 2.05) is 24.5 Å². The second-order valence-corrected chi connectivity index (χ2v) is 7.32. The highest BCUT2D eigenvalue weighted by Gasteiger charge is 2.39. The first-order chi connectivity index (χ1) is 11.4. The van der Waals surface area contributed by atoms with Crippen LogP contribution >= 0.6 is 11.6 Å². The molecule has 2 heterocycles. The van der Waals surface area contributed by atoms with Crippen molar-refractivity contribution in [2.24, 2.45) is 0 Å². The number of nitrogens with zero attached hydrogens (tertiary/aromatic N) is 2. The molecule has 0 fully saturated rings. The highest BCUT2D eigenvalue weighted by atomic mass is 35.5. The minimum Gasteiger partial charge on any atom is -0.482 e. The van der Waals surface area contributed by atoms with E-state index in [0.717, 1.165) is 12.8 Å². The van der Waals surface area contributed by atoms with Crippen molar-refractivity contribution in [3.05, 3.63) is 50.9 Å². The third-order valence-electron chi connectivity index (χ3n) is 4.75. The molecule has 1 unspecified atom stereocenters. The lowest BCUT2D eigenvalue weighted by Crippen LogP contribution is -2.45. The highest BCUT2D eigenvalue weighted by Crippen LogP contribution is 2.36. The van der Waals surface area contributed by atoms with Crippen LogP contribution in [0.1, 0.15) is 31.4 Å². The van der Waals surface area contributed by atoms with E-state index in [0.29, 0.717) is 23.3 Å². The number of aryl methyl sites for hydroxylation is 2. The van der Waals surface area contributed by atoms with Gasteiger partial charge in [0.15, 0.2) is 6.10 Å². The van der Waals surface area contributed by atoms with Crippen LogP contribution in [0.5, 0.6) is 11.8 Å². The van der Waals surface area contributed by atoms with Crippen LogP contribution in [-0.4, -0.2) is 21.3 Å². The van der Waals surface area contributed by atoms with Gasteiger partial charge in [0.05, 0.1) is 11.6 Å². The third kappa shape index (κ3) is 2.67. The quantitative estimate of drug-likeness (QED) is 0.857. The summed E-state index contributed by atoms with van der Waals surface area (Å²) in [4.78, 5) is 15.3. The van der Waals surface area contributed by atoms with Crippen molar-refractivity contribution in [3.63, 3.8) is 0 Å². The number of ether oxygens (including phenoxy) is 2. The van der Waals surface area contributed by atoms with Crippen molar-refractivity contribution >= 4 is 11.6 Å². The maximum absolute atomic E-state index is 11.4. The fourth-order valence-corrected chi connectivity index (χ4v) is 3.57. The van der Waals surface area contributed by atoms with Crippen molar-refractivity contribution in [2.45, 2.75) is 51.4 Å². The normalized spacial score (nSPS) is 18.9. The summed E-state index contributed by atoms with van der Waals surface area (Å²) >= 11 is 6.41. The van der Waals surface area contributed by atoms with Crippen LogP contribution in [0, 0.1) is 0 Å². The lowest BCUT2D eigenvalue weighted by Gasteiger charge is -2.31. The van der Waals surface area contributed by atoms with E-state index in [1.54, 1.807) is 6.20 Å². The SMILES string of the molecule is CC(C)(Oc1cc2c(cc1Cl)CCC2)C1Cn2ccc(=O)nc2O1. The number of rotatable bonds is 3. The molecule has 0 saturated heterocycles. The number of hydrogen-bond acceptors (Lipinski definition) is 4. The average Bonchev–Trinajstić information content (AvgIpc) is 3.13. The van der Waals surface area contributed by atoms with Gasteiger partial charge in [0.2, 0.25) is 0 Å². The Morgan fingerprint density at radius 2 is 2.08 bits per heavy atom. The summed E-state index contributed by atoms with van der Waals surface area (Å²) in [5.41, 5.74) is 1.71. The Labute approximate surface area is 145 Å². The van der Waals surface area contributed by atoms with Crippen LogP contribution < -0.4 is 15.0 Å². The summed E-state index contributed by atoms with van der Waals surface area (Å²) in [6.07, 6.45) is 4.76. The number of fused-ring (bicyclic) bond motifs is 2. The summed E-state index contributed by atoms with van der Waals surface area (Å²) in [6, 6.07) is 5.83. The summed E-state index contributed by atoms with van der Waals surface area (Å²) in [5, 5.41) is 0.631. The Kier molecular flexibility index (Phi) is 3.57. The molecule has 0 radical (unpaired) electrons. The largest absolute Gasteiger partial charge is 0.482 e. The molecule has 0 N–H and O–H groups in total. The molecule has 4 rings (SSSR count). The van der Waals surface area contributed by atoms with E-state index in [2.05, 4.69) is 11.1 Å². The maximum Gasteiger partial charge on any atom is 0.300 e. The first kappa shape index (κ1) is 15.5. The Morgan fingerprint density at radius 1 is 1.33 bits per heavy atom. The van der Waals surface area contributed by atoms with Gasteiger partial charge >= 0.3 is 0 Å².